The van der Waals surface area contributed by atoms with Crippen molar-refractivity contribution in [1.29, 1.82) is 0 Å². The average Bonchev–Trinajstić information content (AvgIpc) is 3.16. The summed E-state index contributed by atoms with van der Waals surface area (Å²) < 4.78 is 32.8. The standard InChI is InChI=1S/C21H26N2O4S/c1-16(24)17-7-11-20(12-8-17)28(25,26)22-13-15-23-14-3-4-21(23)18-5-9-19(27-2)10-6-18/h5-12,21-22H,3-4,13-15H2,1-2H3. The lowest BCUT2D eigenvalue weighted by molar-refractivity contribution is 0.101. The predicted octanol–water partition coefficient (Wildman–Crippen LogP) is 3.01. The molecule has 6 nitrogen and oxygen atoms in total. The van der Waals surface area contributed by atoms with E-state index in [1.807, 2.05) is 12.1 Å². The molecule has 0 spiro atoms. The number of nitrogens with one attached hydrogen (secondary N) is 1. The van der Waals surface area contributed by atoms with E-state index in [1.54, 1.807) is 7.11 Å². The number of benzene rings is 2. The minimum absolute atomic E-state index is 0.0875. The van der Waals surface area contributed by atoms with Crippen molar-refractivity contribution in [1.82, 2.24) is 9.62 Å². The summed E-state index contributed by atoms with van der Waals surface area (Å²) in [4.78, 5) is 13.8. The summed E-state index contributed by atoms with van der Waals surface area (Å²) in [5, 5.41) is 0. The molecule has 1 aliphatic heterocycles. The molecule has 1 heterocycles. The summed E-state index contributed by atoms with van der Waals surface area (Å²) in [6.45, 7) is 3.38. The molecule has 1 fully saturated rings. The van der Waals surface area contributed by atoms with Gasteiger partial charge in [0.1, 0.15) is 5.75 Å². The van der Waals surface area contributed by atoms with Gasteiger partial charge in [0, 0.05) is 24.7 Å². The molecule has 0 aliphatic carbocycles. The van der Waals surface area contributed by atoms with E-state index in [-0.39, 0.29) is 10.7 Å². The number of hydrogen-bond acceptors (Lipinski definition) is 5. The first kappa shape index (κ1) is 20.5. The van der Waals surface area contributed by atoms with E-state index >= 15 is 0 Å². The second-order valence-electron chi connectivity index (χ2n) is 6.95. The Labute approximate surface area is 166 Å². The summed E-state index contributed by atoms with van der Waals surface area (Å²) in [5.74, 6) is 0.743. The van der Waals surface area contributed by atoms with Crippen LogP contribution in [0.1, 0.15) is 41.7 Å². The Balaban J connectivity index is 1.58. The minimum atomic E-state index is -3.59. The topological polar surface area (TPSA) is 75.7 Å². The quantitative estimate of drug-likeness (QED) is 0.687. The normalized spacial score (nSPS) is 17.6. The first-order valence-corrected chi connectivity index (χ1v) is 10.9. The lowest BCUT2D eigenvalue weighted by atomic mass is 10.0. The van der Waals surface area contributed by atoms with Gasteiger partial charge in [-0.3, -0.25) is 9.69 Å². The zero-order valence-electron chi connectivity index (χ0n) is 16.2. The number of carbonyl (C=O) groups is 1. The van der Waals surface area contributed by atoms with Crippen molar-refractivity contribution < 1.29 is 17.9 Å². The highest BCUT2D eigenvalue weighted by Crippen LogP contribution is 2.32. The van der Waals surface area contributed by atoms with Gasteiger partial charge in [-0.2, -0.15) is 0 Å². The summed E-state index contributed by atoms with van der Waals surface area (Å²) >= 11 is 0. The van der Waals surface area contributed by atoms with E-state index in [1.165, 1.54) is 36.8 Å². The Hall–Kier alpha value is -2.22. The van der Waals surface area contributed by atoms with Crippen molar-refractivity contribution in [3.05, 3.63) is 59.7 Å². The van der Waals surface area contributed by atoms with E-state index < -0.39 is 10.0 Å². The largest absolute Gasteiger partial charge is 0.497 e. The Bertz CT molecular complexity index is 908. The maximum Gasteiger partial charge on any atom is 0.240 e. The van der Waals surface area contributed by atoms with Crippen LogP contribution in [0.3, 0.4) is 0 Å². The summed E-state index contributed by atoms with van der Waals surface area (Å²) in [6, 6.07) is 14.4. The molecule has 0 saturated carbocycles. The zero-order valence-corrected chi connectivity index (χ0v) is 17.0. The second kappa shape index (κ2) is 8.86. The fourth-order valence-electron chi connectivity index (χ4n) is 3.57. The fourth-order valence-corrected chi connectivity index (χ4v) is 4.59. The van der Waals surface area contributed by atoms with Crippen LogP contribution in [0.2, 0.25) is 0 Å². The molecule has 0 amide bonds. The molecule has 7 heteroatoms. The zero-order chi connectivity index (χ0) is 20.1. The van der Waals surface area contributed by atoms with Crippen LogP contribution >= 0.6 is 0 Å². The van der Waals surface area contributed by atoms with Gasteiger partial charge in [0.15, 0.2) is 5.78 Å². The Morgan fingerprint density at radius 2 is 1.82 bits per heavy atom. The first-order chi connectivity index (χ1) is 13.4. The smallest absolute Gasteiger partial charge is 0.240 e. The van der Waals surface area contributed by atoms with Crippen LogP contribution in [-0.4, -0.2) is 45.8 Å². The number of rotatable bonds is 8. The molecule has 0 aromatic heterocycles. The molecule has 150 valence electrons. The van der Waals surface area contributed by atoms with Crippen molar-refractivity contribution >= 4 is 15.8 Å². The Morgan fingerprint density at radius 1 is 1.14 bits per heavy atom. The van der Waals surface area contributed by atoms with Crippen molar-refractivity contribution in [2.24, 2.45) is 0 Å². The van der Waals surface area contributed by atoms with Gasteiger partial charge in [0.2, 0.25) is 10.0 Å². The predicted molar refractivity (Wildman–Crippen MR) is 108 cm³/mol. The third-order valence-corrected chi connectivity index (χ3v) is 6.60. The molecule has 28 heavy (non-hydrogen) atoms. The summed E-state index contributed by atoms with van der Waals surface area (Å²) in [7, 11) is -1.94. The summed E-state index contributed by atoms with van der Waals surface area (Å²) in [6.07, 6.45) is 2.15. The Morgan fingerprint density at radius 3 is 2.43 bits per heavy atom. The van der Waals surface area contributed by atoms with Crippen LogP contribution in [-0.2, 0) is 10.0 Å². The van der Waals surface area contributed by atoms with Gasteiger partial charge in [-0.1, -0.05) is 24.3 Å². The van der Waals surface area contributed by atoms with Gasteiger partial charge in [0.05, 0.1) is 12.0 Å². The highest BCUT2D eigenvalue weighted by atomic mass is 32.2. The van der Waals surface area contributed by atoms with Crippen molar-refractivity contribution in [3.63, 3.8) is 0 Å². The third kappa shape index (κ3) is 4.79. The van der Waals surface area contributed by atoms with E-state index in [2.05, 4.69) is 21.8 Å². The molecule has 1 unspecified atom stereocenters. The van der Waals surface area contributed by atoms with Gasteiger partial charge in [-0.15, -0.1) is 0 Å². The lowest BCUT2D eigenvalue weighted by Crippen LogP contribution is -2.34. The van der Waals surface area contributed by atoms with E-state index in [9.17, 15) is 13.2 Å². The van der Waals surface area contributed by atoms with Crippen molar-refractivity contribution in [2.45, 2.75) is 30.7 Å². The van der Waals surface area contributed by atoms with Crippen LogP contribution in [0.25, 0.3) is 0 Å². The lowest BCUT2D eigenvalue weighted by Gasteiger charge is -2.25. The maximum atomic E-state index is 12.5. The van der Waals surface area contributed by atoms with Gasteiger partial charge < -0.3 is 4.74 Å². The molecule has 1 N–H and O–H groups in total. The number of carbonyl (C=O) groups excluding carboxylic acids is 1. The van der Waals surface area contributed by atoms with Crippen LogP contribution in [0, 0.1) is 0 Å². The number of hydrogen-bond donors (Lipinski definition) is 1. The van der Waals surface area contributed by atoms with E-state index in [4.69, 9.17) is 4.74 Å². The van der Waals surface area contributed by atoms with Crippen LogP contribution < -0.4 is 9.46 Å². The molecule has 0 bridgehead atoms. The molecular formula is C21H26N2O4S. The van der Waals surface area contributed by atoms with Gasteiger partial charge in [-0.05, 0) is 56.1 Å². The molecule has 1 saturated heterocycles. The van der Waals surface area contributed by atoms with Crippen LogP contribution in [0.5, 0.6) is 5.75 Å². The first-order valence-electron chi connectivity index (χ1n) is 9.39. The molecule has 3 rings (SSSR count). The highest BCUT2D eigenvalue weighted by molar-refractivity contribution is 7.89. The SMILES string of the molecule is COc1ccc(C2CCCN2CCNS(=O)(=O)c2ccc(C(C)=O)cc2)cc1. The average molecular weight is 403 g/mol. The molecule has 2 aromatic carbocycles. The molecule has 1 aliphatic rings. The van der Waals surface area contributed by atoms with Gasteiger partial charge in [0.25, 0.3) is 0 Å². The molecule has 1 atom stereocenters. The number of sulfonamides is 1. The molecule has 0 radical (unpaired) electrons. The van der Waals surface area contributed by atoms with E-state index in [0.29, 0.717) is 24.7 Å². The number of ketones is 1. The Kier molecular flexibility index (Phi) is 6.49. The fraction of sp³-hybridized carbons (Fsp3) is 0.381. The monoisotopic (exact) mass is 402 g/mol. The van der Waals surface area contributed by atoms with Crippen LogP contribution in [0.4, 0.5) is 0 Å². The van der Waals surface area contributed by atoms with Gasteiger partial charge >= 0.3 is 0 Å². The minimum Gasteiger partial charge on any atom is -0.497 e. The molecular weight excluding hydrogens is 376 g/mol. The maximum absolute atomic E-state index is 12.5. The highest BCUT2D eigenvalue weighted by Gasteiger charge is 2.26. The van der Waals surface area contributed by atoms with Crippen molar-refractivity contribution in [3.8, 4) is 5.75 Å². The number of likely N-dealkylation sites (tertiary alicyclic amines) is 1. The summed E-state index contributed by atoms with van der Waals surface area (Å²) in [5.41, 5.74) is 1.72. The molecule has 2 aromatic rings. The van der Waals surface area contributed by atoms with E-state index in [0.717, 1.165) is 25.1 Å². The number of ether oxygens (including phenoxy) is 1. The second-order valence-corrected chi connectivity index (χ2v) is 8.71. The number of nitrogens with zero attached hydrogens (tertiary/aromatic N) is 1. The van der Waals surface area contributed by atoms with Crippen molar-refractivity contribution in [2.75, 3.05) is 26.7 Å². The number of methoxy groups -OCH3 is 1. The third-order valence-electron chi connectivity index (χ3n) is 5.13. The number of Topliss-reactive ketones (excluding diaryl/α,β-unsaturated/α-hetero) is 1. The van der Waals surface area contributed by atoms with Gasteiger partial charge in [-0.25, -0.2) is 13.1 Å². The van der Waals surface area contributed by atoms with Crippen LogP contribution in [0.15, 0.2) is 53.4 Å².